The van der Waals surface area contributed by atoms with Crippen LogP contribution in [-0.2, 0) is 0 Å². The average molecular weight is 260 g/mol. The fraction of sp³-hybridized carbons (Fsp3) is 1.00. The van der Waals surface area contributed by atoms with Crippen molar-refractivity contribution in [3.63, 3.8) is 0 Å². The van der Waals surface area contributed by atoms with Gasteiger partial charge in [-0.05, 0) is 14.0 Å². The molecule has 0 aliphatic carbocycles. The Morgan fingerprint density at radius 2 is 1.75 bits per heavy atom. The lowest BCUT2D eigenvalue weighted by Crippen LogP contribution is -3.18. The van der Waals surface area contributed by atoms with Gasteiger partial charge in [0.05, 0.1) is 13.1 Å². The van der Waals surface area contributed by atoms with E-state index in [1.54, 1.807) is 4.90 Å². The fourth-order valence-electron chi connectivity index (χ4n) is 2.20. The molecule has 0 radical (unpaired) electrons. The first kappa shape index (κ1) is 16.2. The van der Waals surface area contributed by atoms with E-state index in [-0.39, 0.29) is 0 Å². The summed E-state index contributed by atoms with van der Waals surface area (Å²) in [5.74, 6) is 0. The van der Waals surface area contributed by atoms with Gasteiger partial charge < -0.3 is 19.0 Å². The van der Waals surface area contributed by atoms with E-state index in [1.807, 2.05) is 0 Å². The van der Waals surface area contributed by atoms with Gasteiger partial charge in [0.1, 0.15) is 6.17 Å². The number of rotatable bonds is 2. The summed E-state index contributed by atoms with van der Waals surface area (Å²) in [6.07, 6.45) is 3.45. The second-order valence-electron chi connectivity index (χ2n) is 4.01. The van der Waals surface area contributed by atoms with Crippen LogP contribution < -0.4 is 4.90 Å². The predicted octanol–water partition coefficient (Wildman–Crippen LogP) is 1.26. The normalized spacial score (nSPS) is 27.2. The summed E-state index contributed by atoms with van der Waals surface area (Å²) in [6.45, 7) is 8.53. The summed E-state index contributed by atoms with van der Waals surface area (Å²) in [5.41, 5.74) is 0. The second-order valence-corrected chi connectivity index (χ2v) is 5.00. The molecule has 2 nitrogen and oxygen atoms in total. The third-order valence-corrected chi connectivity index (χ3v) is 2.85. The summed E-state index contributed by atoms with van der Waals surface area (Å²) in [7, 11) is 2.25. The van der Waals surface area contributed by atoms with Gasteiger partial charge in [0.15, 0.2) is 0 Å². The SMILES string of the molecule is CCC1N(C)CCC[NH+]1CC.[F][Al-]([F])([F])[F]. The first-order chi connectivity index (χ1) is 7.29. The Morgan fingerprint density at radius 3 is 2.06 bits per heavy atom. The Morgan fingerprint density at radius 1 is 1.25 bits per heavy atom. The molecule has 0 spiro atoms. The van der Waals surface area contributed by atoms with Crippen LogP contribution in [0, 0.1) is 0 Å². The molecule has 1 heterocycles. The number of nitrogens with one attached hydrogen (secondary N) is 1. The van der Waals surface area contributed by atoms with Gasteiger partial charge in [-0.1, -0.05) is 6.92 Å². The molecule has 1 rings (SSSR count). The van der Waals surface area contributed by atoms with Crippen LogP contribution in [0.1, 0.15) is 26.7 Å². The highest BCUT2D eigenvalue weighted by atomic mass is 27.5. The number of hydrogen-bond acceptors (Lipinski definition) is 1. The van der Waals surface area contributed by atoms with Crippen molar-refractivity contribution in [2.75, 3.05) is 26.7 Å². The average Bonchev–Trinajstić information content (AvgIpc) is 2.14. The van der Waals surface area contributed by atoms with Gasteiger partial charge in [0.2, 0.25) is 0 Å². The minimum absolute atomic E-state index is 0.786. The van der Waals surface area contributed by atoms with Crippen molar-refractivity contribution in [2.24, 2.45) is 0 Å². The van der Waals surface area contributed by atoms with Crippen LogP contribution >= 0.6 is 0 Å². The molecule has 16 heavy (non-hydrogen) atoms. The summed E-state index contributed by atoms with van der Waals surface area (Å²) in [6, 6.07) is 0. The number of hydrogen-bond donors (Lipinski definition) is 1. The zero-order valence-corrected chi connectivity index (χ0v) is 11.3. The lowest BCUT2D eigenvalue weighted by molar-refractivity contribution is -0.941. The van der Waals surface area contributed by atoms with E-state index < -0.39 is 14.9 Å². The molecule has 1 saturated heterocycles. The molecule has 1 N–H and O–H groups in total. The van der Waals surface area contributed by atoms with Gasteiger partial charge in [-0.15, -0.1) is 0 Å². The van der Waals surface area contributed by atoms with E-state index in [0.717, 1.165) is 6.17 Å². The van der Waals surface area contributed by atoms with Crippen molar-refractivity contribution in [1.29, 1.82) is 0 Å². The van der Waals surface area contributed by atoms with Crippen LogP contribution in [-0.4, -0.2) is 52.7 Å². The van der Waals surface area contributed by atoms with Crippen molar-refractivity contribution in [2.45, 2.75) is 32.9 Å². The van der Waals surface area contributed by atoms with Gasteiger partial charge in [-0.25, -0.2) is 0 Å². The smallest absolute Gasteiger partial charge is 0.510 e. The molecule has 1 aliphatic heterocycles. The Balaban J connectivity index is 0.000000385. The third-order valence-electron chi connectivity index (χ3n) is 2.85. The Kier molecular flexibility index (Phi) is 7.57. The van der Waals surface area contributed by atoms with Gasteiger partial charge in [0, 0.05) is 19.4 Å². The summed E-state index contributed by atoms with van der Waals surface area (Å²) < 4.78 is 39.4. The molecule has 2 unspecified atom stereocenters. The van der Waals surface area contributed by atoms with Crippen LogP contribution in [0.4, 0.5) is 14.1 Å². The van der Waals surface area contributed by atoms with E-state index in [0.29, 0.717) is 0 Å². The van der Waals surface area contributed by atoms with Crippen molar-refractivity contribution >= 4 is 14.9 Å². The van der Waals surface area contributed by atoms with Crippen molar-refractivity contribution < 1.29 is 19.0 Å². The minimum atomic E-state index is -6.83. The van der Waals surface area contributed by atoms with E-state index >= 15 is 0 Å². The second kappa shape index (κ2) is 7.49. The molecule has 0 bridgehead atoms. The van der Waals surface area contributed by atoms with E-state index in [4.69, 9.17) is 0 Å². The van der Waals surface area contributed by atoms with Crippen LogP contribution in [0.3, 0.4) is 0 Å². The highest BCUT2D eigenvalue weighted by Gasteiger charge is 2.41. The minimum Gasteiger partial charge on any atom is -0.510 e. The van der Waals surface area contributed by atoms with Crippen molar-refractivity contribution in [3.05, 3.63) is 0 Å². The zero-order valence-electron chi connectivity index (χ0n) is 10.1. The predicted molar refractivity (Wildman–Crippen MR) is 57.9 cm³/mol. The van der Waals surface area contributed by atoms with E-state index in [9.17, 15) is 14.1 Å². The maximum atomic E-state index is 9.85. The largest absolute Gasteiger partial charge is 1.04 e. The molecular formula is C9H21AlF4N2. The molecule has 0 aromatic rings. The molecule has 1 aliphatic rings. The van der Waals surface area contributed by atoms with Gasteiger partial charge in [0.25, 0.3) is 0 Å². The molecule has 0 amide bonds. The van der Waals surface area contributed by atoms with Crippen LogP contribution in [0.25, 0.3) is 0 Å². The summed E-state index contributed by atoms with van der Waals surface area (Å²) in [5, 5.41) is 0. The number of halogens is 4. The maximum Gasteiger partial charge on any atom is 1.04 e. The highest BCUT2D eigenvalue weighted by molar-refractivity contribution is 6.50. The molecule has 0 saturated carbocycles. The zero-order chi connectivity index (χ0) is 12.8. The standard InChI is InChI=1S/C9H20N2.Al.4FH/c1-4-9-10(3)7-6-8-11(9)5-2;;;;;/h9H,4-8H2,1-3H3;;4*1H/q;+3;;;;/p-3. The molecule has 0 aromatic carbocycles. The first-order valence-corrected chi connectivity index (χ1v) is 7.46. The van der Waals surface area contributed by atoms with Crippen molar-refractivity contribution in [3.8, 4) is 0 Å². The van der Waals surface area contributed by atoms with E-state index in [2.05, 4.69) is 25.8 Å². The van der Waals surface area contributed by atoms with Gasteiger partial charge in [-0.2, -0.15) is 0 Å². The molecule has 0 aromatic heterocycles. The van der Waals surface area contributed by atoms with Crippen LogP contribution in [0.5, 0.6) is 0 Å². The van der Waals surface area contributed by atoms with Crippen LogP contribution in [0.15, 0.2) is 0 Å². The van der Waals surface area contributed by atoms with Gasteiger partial charge >= 0.3 is 14.9 Å². The van der Waals surface area contributed by atoms with Crippen molar-refractivity contribution in [1.82, 2.24) is 4.90 Å². The fourth-order valence-corrected chi connectivity index (χ4v) is 2.20. The highest BCUT2D eigenvalue weighted by Crippen LogP contribution is 2.06. The first-order valence-electron chi connectivity index (χ1n) is 5.71. The lowest BCUT2D eigenvalue weighted by atomic mass is 10.2. The maximum absolute atomic E-state index is 9.85. The Bertz CT molecular complexity index is 183. The third kappa shape index (κ3) is 7.45. The summed E-state index contributed by atoms with van der Waals surface area (Å²) in [4.78, 5) is 4.27. The molecule has 1 fully saturated rings. The molecule has 2 atom stereocenters. The Hall–Kier alpha value is 0.172. The topological polar surface area (TPSA) is 7.68 Å². The lowest BCUT2D eigenvalue weighted by Gasteiger charge is -2.38. The molecule has 98 valence electrons. The monoisotopic (exact) mass is 260 g/mol. The quantitative estimate of drug-likeness (QED) is 0.580. The van der Waals surface area contributed by atoms with Gasteiger partial charge in [-0.3, -0.25) is 4.90 Å². The summed E-state index contributed by atoms with van der Waals surface area (Å²) >= 11 is -6.83. The number of nitrogens with zero attached hydrogens (tertiary/aromatic N) is 1. The molecule has 7 heteroatoms. The van der Waals surface area contributed by atoms with Crippen LogP contribution in [0.2, 0.25) is 0 Å². The molecular weight excluding hydrogens is 239 g/mol. The Labute approximate surface area is 98.8 Å². The van der Waals surface area contributed by atoms with E-state index in [1.165, 1.54) is 32.5 Å². The number of quaternary nitrogens is 1.